The van der Waals surface area contributed by atoms with E-state index in [-0.39, 0.29) is 18.0 Å². The summed E-state index contributed by atoms with van der Waals surface area (Å²) in [4.78, 5) is 34.6. The second-order valence-corrected chi connectivity index (χ2v) is 4.78. The van der Waals surface area contributed by atoms with Gasteiger partial charge in [0.15, 0.2) is 0 Å². The molecule has 2 N–H and O–H groups in total. The number of aliphatic carboxylic acids is 1. The molecule has 114 valence electrons. The first kappa shape index (κ1) is 15.5. The van der Waals surface area contributed by atoms with E-state index in [1.807, 2.05) is 30.3 Å². The molecule has 0 bridgehead atoms. The number of hydrogen-bond acceptors (Lipinski definition) is 3. The van der Waals surface area contributed by atoms with E-state index in [4.69, 9.17) is 5.11 Å². The smallest absolute Gasteiger partial charge is 0.323 e. The molecular weight excluding hydrogens is 284 g/mol. The third kappa shape index (κ3) is 4.31. The number of aromatic nitrogens is 1. The van der Waals surface area contributed by atoms with E-state index in [1.165, 1.54) is 18.3 Å². The number of carbonyl (C=O) groups excluding carboxylic acids is 1. The summed E-state index contributed by atoms with van der Waals surface area (Å²) in [5.74, 6) is -1.40. The summed E-state index contributed by atoms with van der Waals surface area (Å²) in [6.45, 7) is -0.438. The molecule has 0 fully saturated rings. The van der Waals surface area contributed by atoms with Crippen LogP contribution in [0.2, 0.25) is 0 Å². The minimum absolute atomic E-state index is 0.0850. The molecule has 0 aliphatic heterocycles. The van der Waals surface area contributed by atoms with Crippen LogP contribution in [0.4, 0.5) is 5.69 Å². The fourth-order valence-electron chi connectivity index (χ4n) is 2.02. The van der Waals surface area contributed by atoms with Crippen molar-refractivity contribution in [2.45, 2.75) is 19.4 Å². The van der Waals surface area contributed by atoms with Crippen LogP contribution in [-0.2, 0) is 22.6 Å². The van der Waals surface area contributed by atoms with Crippen molar-refractivity contribution >= 4 is 17.6 Å². The summed E-state index contributed by atoms with van der Waals surface area (Å²) in [7, 11) is 0. The third-order valence-electron chi connectivity index (χ3n) is 3.08. The van der Waals surface area contributed by atoms with Crippen LogP contribution >= 0.6 is 0 Å². The molecule has 0 saturated heterocycles. The van der Waals surface area contributed by atoms with Gasteiger partial charge in [-0.2, -0.15) is 0 Å². The van der Waals surface area contributed by atoms with Gasteiger partial charge in [0, 0.05) is 12.6 Å². The zero-order chi connectivity index (χ0) is 15.9. The van der Waals surface area contributed by atoms with Crippen LogP contribution in [-0.4, -0.2) is 21.6 Å². The molecule has 0 aliphatic carbocycles. The zero-order valence-corrected chi connectivity index (χ0v) is 11.9. The van der Waals surface area contributed by atoms with Gasteiger partial charge in [0.1, 0.15) is 12.2 Å². The lowest BCUT2D eigenvalue weighted by Crippen LogP contribution is -2.27. The predicted octanol–water partition coefficient (Wildman–Crippen LogP) is 1.50. The number of nitrogens with one attached hydrogen (secondary N) is 1. The van der Waals surface area contributed by atoms with Gasteiger partial charge in [-0.25, -0.2) is 0 Å². The van der Waals surface area contributed by atoms with Gasteiger partial charge in [0.05, 0.1) is 0 Å². The van der Waals surface area contributed by atoms with Crippen LogP contribution in [0.15, 0.2) is 53.5 Å². The molecule has 2 aromatic rings. The van der Waals surface area contributed by atoms with E-state index in [0.717, 1.165) is 10.1 Å². The number of anilines is 1. The van der Waals surface area contributed by atoms with Crippen LogP contribution in [0.25, 0.3) is 0 Å². The predicted molar refractivity (Wildman–Crippen MR) is 81.7 cm³/mol. The number of carboxylic acid groups (broad SMARTS) is 1. The summed E-state index contributed by atoms with van der Waals surface area (Å²) in [5.41, 5.74) is 0.591. The quantitative estimate of drug-likeness (QED) is 0.846. The molecule has 0 aliphatic rings. The minimum atomic E-state index is -1.12. The minimum Gasteiger partial charge on any atom is -0.480 e. The second kappa shape index (κ2) is 7.21. The Morgan fingerprint density at radius 3 is 2.50 bits per heavy atom. The first-order valence-electron chi connectivity index (χ1n) is 6.81. The van der Waals surface area contributed by atoms with Crippen molar-refractivity contribution in [3.05, 3.63) is 64.6 Å². The van der Waals surface area contributed by atoms with E-state index < -0.39 is 18.1 Å². The number of pyridine rings is 1. The van der Waals surface area contributed by atoms with Crippen LogP contribution in [0, 0.1) is 0 Å². The Labute approximate surface area is 127 Å². The Morgan fingerprint density at radius 2 is 1.82 bits per heavy atom. The SMILES string of the molecule is O=C(O)Cn1cccc(NC(=O)CCc2ccccc2)c1=O. The number of benzene rings is 1. The Kier molecular flexibility index (Phi) is 5.08. The largest absolute Gasteiger partial charge is 0.480 e. The van der Waals surface area contributed by atoms with Gasteiger partial charge in [0.2, 0.25) is 5.91 Å². The number of carbonyl (C=O) groups is 2. The summed E-state index contributed by atoms with van der Waals surface area (Å²) >= 11 is 0. The Balaban J connectivity index is 2.00. The lowest BCUT2D eigenvalue weighted by molar-refractivity contribution is -0.137. The highest BCUT2D eigenvalue weighted by Gasteiger charge is 2.09. The Bertz CT molecular complexity index is 722. The normalized spacial score (nSPS) is 10.2. The third-order valence-corrected chi connectivity index (χ3v) is 3.08. The van der Waals surface area contributed by atoms with E-state index in [0.29, 0.717) is 6.42 Å². The number of carboxylic acids is 1. The molecule has 1 heterocycles. The first-order chi connectivity index (χ1) is 10.6. The van der Waals surface area contributed by atoms with Crippen LogP contribution in [0.1, 0.15) is 12.0 Å². The maximum absolute atomic E-state index is 12.0. The first-order valence-corrected chi connectivity index (χ1v) is 6.81. The molecule has 1 aromatic heterocycles. The molecule has 1 aromatic carbocycles. The molecule has 0 saturated carbocycles. The van der Waals surface area contributed by atoms with Crippen molar-refractivity contribution in [3.8, 4) is 0 Å². The summed E-state index contributed by atoms with van der Waals surface area (Å²) in [6, 6.07) is 12.5. The number of hydrogen-bond donors (Lipinski definition) is 2. The van der Waals surface area contributed by atoms with Crippen molar-refractivity contribution in [2.75, 3.05) is 5.32 Å². The highest BCUT2D eigenvalue weighted by atomic mass is 16.4. The summed E-state index contributed by atoms with van der Waals surface area (Å²) in [6.07, 6.45) is 2.19. The second-order valence-electron chi connectivity index (χ2n) is 4.78. The maximum atomic E-state index is 12.0. The Morgan fingerprint density at radius 1 is 1.09 bits per heavy atom. The number of nitrogens with zero attached hydrogens (tertiary/aromatic N) is 1. The fourth-order valence-corrected chi connectivity index (χ4v) is 2.02. The number of rotatable bonds is 6. The molecule has 6 nitrogen and oxygen atoms in total. The van der Waals surface area contributed by atoms with Crippen molar-refractivity contribution < 1.29 is 14.7 Å². The number of amides is 1. The monoisotopic (exact) mass is 300 g/mol. The summed E-state index contributed by atoms with van der Waals surface area (Å²) in [5, 5.41) is 11.3. The standard InChI is InChI=1S/C16H16N2O4/c19-14(9-8-12-5-2-1-3-6-12)17-13-7-4-10-18(16(13)22)11-15(20)21/h1-7,10H,8-9,11H2,(H,17,19)(H,20,21). The van der Waals surface area contributed by atoms with Crippen molar-refractivity contribution in [1.82, 2.24) is 4.57 Å². The van der Waals surface area contributed by atoms with Gasteiger partial charge in [-0.3, -0.25) is 14.4 Å². The van der Waals surface area contributed by atoms with Gasteiger partial charge in [-0.1, -0.05) is 30.3 Å². The topological polar surface area (TPSA) is 88.4 Å². The van der Waals surface area contributed by atoms with Crippen LogP contribution in [0.3, 0.4) is 0 Å². The van der Waals surface area contributed by atoms with Gasteiger partial charge in [-0.05, 0) is 24.1 Å². The van der Waals surface area contributed by atoms with E-state index in [1.54, 1.807) is 0 Å². The van der Waals surface area contributed by atoms with E-state index in [9.17, 15) is 14.4 Å². The van der Waals surface area contributed by atoms with Crippen molar-refractivity contribution in [1.29, 1.82) is 0 Å². The lowest BCUT2D eigenvalue weighted by Gasteiger charge is -2.07. The average Bonchev–Trinajstić information content (AvgIpc) is 2.50. The summed E-state index contributed by atoms with van der Waals surface area (Å²) < 4.78 is 1.04. The van der Waals surface area contributed by atoms with Gasteiger partial charge in [0.25, 0.3) is 5.56 Å². The Hall–Kier alpha value is -2.89. The van der Waals surface area contributed by atoms with Crippen molar-refractivity contribution in [3.63, 3.8) is 0 Å². The van der Waals surface area contributed by atoms with E-state index in [2.05, 4.69) is 5.32 Å². The fraction of sp³-hybridized carbons (Fsp3) is 0.188. The van der Waals surface area contributed by atoms with Crippen molar-refractivity contribution in [2.24, 2.45) is 0 Å². The molecule has 0 radical (unpaired) electrons. The van der Waals surface area contributed by atoms with E-state index >= 15 is 0 Å². The zero-order valence-electron chi connectivity index (χ0n) is 11.9. The van der Waals surface area contributed by atoms with Gasteiger partial charge in [-0.15, -0.1) is 0 Å². The van der Waals surface area contributed by atoms with Crippen LogP contribution < -0.4 is 10.9 Å². The van der Waals surface area contributed by atoms with Crippen LogP contribution in [0.5, 0.6) is 0 Å². The molecular formula is C16H16N2O4. The highest BCUT2D eigenvalue weighted by molar-refractivity contribution is 5.90. The molecule has 2 rings (SSSR count). The molecule has 0 unspecified atom stereocenters. The molecule has 0 spiro atoms. The lowest BCUT2D eigenvalue weighted by atomic mass is 10.1. The molecule has 22 heavy (non-hydrogen) atoms. The molecule has 6 heteroatoms. The number of aryl methyl sites for hydroxylation is 1. The molecule has 0 atom stereocenters. The average molecular weight is 300 g/mol. The highest BCUT2D eigenvalue weighted by Crippen LogP contribution is 2.05. The van der Waals surface area contributed by atoms with Gasteiger partial charge >= 0.3 is 5.97 Å². The molecule has 1 amide bonds. The van der Waals surface area contributed by atoms with Gasteiger partial charge < -0.3 is 15.0 Å². The maximum Gasteiger partial charge on any atom is 0.323 e.